The van der Waals surface area contributed by atoms with Crippen molar-refractivity contribution in [3.05, 3.63) is 46.4 Å². The number of rotatable bonds is 2. The molecule has 0 unspecified atom stereocenters. The summed E-state index contributed by atoms with van der Waals surface area (Å²) in [5.74, 6) is 0. The van der Waals surface area contributed by atoms with Gasteiger partial charge in [0, 0.05) is 40.0 Å². The lowest BCUT2D eigenvalue weighted by atomic mass is 9.92. The molecule has 1 aliphatic carbocycles. The Balaban J connectivity index is 2.03. The van der Waals surface area contributed by atoms with Gasteiger partial charge in [-0.25, -0.2) is 0 Å². The second kappa shape index (κ2) is 7.12. The maximum atomic E-state index is 9.93. The standard InChI is InChI=1S/C22H23ClN4O/c1-12-7-20-17(8-14(12)9-24)21(18-10-26-11-19(25)22(18)23)13(2)27(20)15-3-5-16(28)6-4-15/h7-8,10-11,15-16,28H,3-6,25H2,1-2H3. The van der Waals surface area contributed by atoms with Gasteiger partial charge in [0.2, 0.25) is 0 Å². The van der Waals surface area contributed by atoms with Gasteiger partial charge in [-0.3, -0.25) is 4.98 Å². The fourth-order valence-electron chi connectivity index (χ4n) is 4.47. The van der Waals surface area contributed by atoms with Crippen LogP contribution < -0.4 is 5.73 Å². The van der Waals surface area contributed by atoms with Crippen molar-refractivity contribution in [1.82, 2.24) is 9.55 Å². The summed E-state index contributed by atoms with van der Waals surface area (Å²) in [6.07, 6.45) is 6.52. The predicted octanol–water partition coefficient (Wildman–Crippen LogP) is 4.90. The predicted molar refractivity (Wildman–Crippen MR) is 112 cm³/mol. The topological polar surface area (TPSA) is 87.9 Å². The number of aliphatic hydroxyl groups is 1. The SMILES string of the molecule is Cc1cc2c(cc1C#N)c(-c1cncc(N)c1Cl)c(C)n2C1CCC(O)CC1. The van der Waals surface area contributed by atoms with Crippen LogP contribution in [0.5, 0.6) is 0 Å². The molecule has 6 heteroatoms. The molecule has 0 amide bonds. The first-order chi connectivity index (χ1) is 13.4. The van der Waals surface area contributed by atoms with Gasteiger partial charge in [0.05, 0.1) is 34.6 Å². The van der Waals surface area contributed by atoms with E-state index in [0.29, 0.717) is 22.3 Å². The quantitative estimate of drug-likeness (QED) is 0.646. The zero-order chi connectivity index (χ0) is 20.0. The smallest absolute Gasteiger partial charge is 0.0994 e. The molecular weight excluding hydrogens is 372 g/mol. The van der Waals surface area contributed by atoms with Crippen molar-refractivity contribution in [1.29, 1.82) is 5.26 Å². The number of nitrogens with two attached hydrogens (primary N) is 1. The van der Waals surface area contributed by atoms with Crippen LogP contribution in [-0.2, 0) is 0 Å². The van der Waals surface area contributed by atoms with Gasteiger partial charge in [-0.1, -0.05) is 11.6 Å². The van der Waals surface area contributed by atoms with E-state index in [4.69, 9.17) is 17.3 Å². The van der Waals surface area contributed by atoms with Crippen molar-refractivity contribution in [2.24, 2.45) is 0 Å². The molecule has 5 nitrogen and oxygen atoms in total. The minimum atomic E-state index is -0.211. The number of aliphatic hydroxyl groups excluding tert-OH is 1. The summed E-state index contributed by atoms with van der Waals surface area (Å²) in [6, 6.07) is 6.63. The summed E-state index contributed by atoms with van der Waals surface area (Å²) in [5.41, 5.74) is 12.0. The maximum absolute atomic E-state index is 9.93. The van der Waals surface area contributed by atoms with E-state index in [-0.39, 0.29) is 6.10 Å². The van der Waals surface area contributed by atoms with Crippen LogP contribution in [-0.4, -0.2) is 20.8 Å². The van der Waals surface area contributed by atoms with Gasteiger partial charge < -0.3 is 15.4 Å². The second-order valence-electron chi connectivity index (χ2n) is 7.68. The van der Waals surface area contributed by atoms with Crippen molar-refractivity contribution in [3.63, 3.8) is 0 Å². The highest BCUT2D eigenvalue weighted by molar-refractivity contribution is 6.36. The van der Waals surface area contributed by atoms with Crippen LogP contribution in [0.15, 0.2) is 24.5 Å². The molecule has 0 atom stereocenters. The van der Waals surface area contributed by atoms with Gasteiger partial charge in [0.15, 0.2) is 0 Å². The number of fused-ring (bicyclic) bond motifs is 1. The Morgan fingerprint density at radius 1 is 1.21 bits per heavy atom. The Hall–Kier alpha value is -2.55. The average molecular weight is 395 g/mol. The summed E-state index contributed by atoms with van der Waals surface area (Å²) < 4.78 is 2.35. The van der Waals surface area contributed by atoms with E-state index < -0.39 is 0 Å². The van der Waals surface area contributed by atoms with E-state index in [9.17, 15) is 10.4 Å². The number of aryl methyl sites for hydroxylation is 1. The van der Waals surface area contributed by atoms with E-state index in [1.807, 2.05) is 13.0 Å². The van der Waals surface area contributed by atoms with Crippen LogP contribution in [0.3, 0.4) is 0 Å². The van der Waals surface area contributed by atoms with Crippen LogP contribution in [0, 0.1) is 25.2 Å². The molecule has 1 saturated carbocycles. The van der Waals surface area contributed by atoms with Crippen molar-refractivity contribution < 1.29 is 5.11 Å². The fourth-order valence-corrected chi connectivity index (χ4v) is 4.66. The number of hydrogen-bond donors (Lipinski definition) is 2. The first kappa shape index (κ1) is 18.8. The summed E-state index contributed by atoms with van der Waals surface area (Å²) in [5, 5.41) is 21.0. The lowest BCUT2D eigenvalue weighted by Gasteiger charge is -2.28. The Labute approximate surface area is 169 Å². The minimum Gasteiger partial charge on any atom is -0.396 e. The molecule has 1 aromatic carbocycles. The number of benzene rings is 1. The van der Waals surface area contributed by atoms with E-state index >= 15 is 0 Å². The lowest BCUT2D eigenvalue weighted by Crippen LogP contribution is -2.21. The van der Waals surface area contributed by atoms with Gasteiger partial charge in [-0.05, 0) is 57.2 Å². The summed E-state index contributed by atoms with van der Waals surface area (Å²) >= 11 is 6.55. The molecular formula is C22H23ClN4O. The zero-order valence-corrected chi connectivity index (χ0v) is 16.8. The van der Waals surface area contributed by atoms with Crippen molar-refractivity contribution in [2.75, 3.05) is 5.73 Å². The molecule has 1 aliphatic rings. The van der Waals surface area contributed by atoms with Gasteiger partial charge in [0.1, 0.15) is 0 Å². The molecule has 4 rings (SSSR count). The Morgan fingerprint density at radius 3 is 2.61 bits per heavy atom. The average Bonchev–Trinajstić information content (AvgIpc) is 2.95. The van der Waals surface area contributed by atoms with Crippen molar-refractivity contribution in [3.8, 4) is 17.2 Å². The Kier molecular flexibility index (Phi) is 4.78. The second-order valence-corrected chi connectivity index (χ2v) is 8.06. The third kappa shape index (κ3) is 2.94. The molecule has 0 radical (unpaired) electrons. The fraction of sp³-hybridized carbons (Fsp3) is 0.364. The summed E-state index contributed by atoms with van der Waals surface area (Å²) in [4.78, 5) is 4.24. The normalized spacial score (nSPS) is 19.7. The number of aromatic nitrogens is 2. The number of hydrogen-bond acceptors (Lipinski definition) is 4. The summed E-state index contributed by atoms with van der Waals surface area (Å²) in [7, 11) is 0. The van der Waals surface area contributed by atoms with Gasteiger partial charge >= 0.3 is 0 Å². The highest BCUT2D eigenvalue weighted by atomic mass is 35.5. The Morgan fingerprint density at radius 2 is 1.93 bits per heavy atom. The Bertz CT molecular complexity index is 1100. The van der Waals surface area contributed by atoms with E-state index in [2.05, 4.69) is 28.6 Å². The minimum absolute atomic E-state index is 0.211. The van der Waals surface area contributed by atoms with Crippen LogP contribution in [0.2, 0.25) is 5.02 Å². The van der Waals surface area contributed by atoms with Crippen molar-refractivity contribution in [2.45, 2.75) is 51.7 Å². The third-order valence-corrected chi connectivity index (χ3v) is 6.34. The molecule has 0 saturated heterocycles. The van der Waals surface area contributed by atoms with Crippen LogP contribution in [0.1, 0.15) is 48.5 Å². The number of anilines is 1. The largest absolute Gasteiger partial charge is 0.396 e. The highest BCUT2D eigenvalue weighted by Crippen LogP contribution is 2.43. The van der Waals surface area contributed by atoms with E-state index in [1.165, 1.54) is 0 Å². The summed E-state index contributed by atoms with van der Waals surface area (Å²) in [6.45, 7) is 4.05. The van der Waals surface area contributed by atoms with Gasteiger partial charge in [-0.15, -0.1) is 0 Å². The highest BCUT2D eigenvalue weighted by Gasteiger charge is 2.27. The molecule has 2 heterocycles. The molecule has 0 bridgehead atoms. The molecule has 28 heavy (non-hydrogen) atoms. The third-order valence-electron chi connectivity index (χ3n) is 5.92. The number of pyridine rings is 1. The molecule has 0 aliphatic heterocycles. The zero-order valence-electron chi connectivity index (χ0n) is 16.0. The van der Waals surface area contributed by atoms with E-state index in [1.54, 1.807) is 12.4 Å². The number of nitriles is 1. The van der Waals surface area contributed by atoms with Crippen LogP contribution in [0.4, 0.5) is 5.69 Å². The van der Waals surface area contributed by atoms with Crippen molar-refractivity contribution >= 4 is 28.2 Å². The van der Waals surface area contributed by atoms with Gasteiger partial charge in [-0.2, -0.15) is 5.26 Å². The maximum Gasteiger partial charge on any atom is 0.0994 e. The number of halogens is 1. The van der Waals surface area contributed by atoms with E-state index in [0.717, 1.165) is 59.0 Å². The first-order valence-corrected chi connectivity index (χ1v) is 9.92. The van der Waals surface area contributed by atoms with Crippen LogP contribution in [0.25, 0.3) is 22.0 Å². The molecule has 0 spiro atoms. The number of nitrogen functional groups attached to an aromatic ring is 1. The van der Waals surface area contributed by atoms with Crippen LogP contribution >= 0.6 is 11.6 Å². The molecule has 3 N–H and O–H groups in total. The van der Waals surface area contributed by atoms with Gasteiger partial charge in [0.25, 0.3) is 0 Å². The first-order valence-electron chi connectivity index (χ1n) is 9.55. The molecule has 144 valence electrons. The molecule has 1 fully saturated rings. The monoisotopic (exact) mass is 394 g/mol. The number of nitrogens with zero attached hydrogens (tertiary/aromatic N) is 3. The lowest BCUT2D eigenvalue weighted by molar-refractivity contribution is 0.111. The molecule has 3 aromatic rings. The molecule has 2 aromatic heterocycles.